The van der Waals surface area contributed by atoms with Crippen molar-refractivity contribution in [2.45, 2.75) is 57.2 Å². The van der Waals surface area contributed by atoms with Crippen LogP contribution in [0.25, 0.3) is 0 Å². The fraction of sp³-hybridized carbons (Fsp3) is 0.533. The van der Waals surface area contributed by atoms with Crippen molar-refractivity contribution in [2.75, 3.05) is 0 Å². The highest BCUT2D eigenvalue weighted by atomic mass is 32.2. The van der Waals surface area contributed by atoms with Gasteiger partial charge in [0.1, 0.15) is 0 Å². The van der Waals surface area contributed by atoms with E-state index in [1.54, 1.807) is 11.8 Å². The molecule has 0 saturated carbocycles. The molecule has 0 aliphatic carbocycles. The van der Waals surface area contributed by atoms with Gasteiger partial charge in [-0.05, 0) is 53.2 Å². The van der Waals surface area contributed by atoms with E-state index in [4.69, 9.17) is 0 Å². The molecule has 18 heavy (non-hydrogen) atoms. The van der Waals surface area contributed by atoms with Gasteiger partial charge >= 0.3 is 0 Å². The van der Waals surface area contributed by atoms with Gasteiger partial charge in [-0.25, -0.2) is 0 Å². The fourth-order valence-corrected chi connectivity index (χ4v) is 2.59. The van der Waals surface area contributed by atoms with Gasteiger partial charge in [0, 0.05) is 10.4 Å². The summed E-state index contributed by atoms with van der Waals surface area (Å²) in [7, 11) is 0. The number of rotatable bonds is 3. The highest BCUT2D eigenvalue weighted by molar-refractivity contribution is 8.00. The number of carbonyl (C=O) groups excluding carboxylic acids is 1. The predicted octanol–water partition coefficient (Wildman–Crippen LogP) is 3.70. The largest absolute Gasteiger partial charge is 0.351 e. The molecule has 0 radical (unpaired) electrons. The van der Waals surface area contributed by atoms with Crippen LogP contribution in [0.2, 0.25) is 0 Å². The Labute approximate surface area is 115 Å². The zero-order chi connectivity index (χ0) is 13.9. The monoisotopic (exact) mass is 265 g/mol. The van der Waals surface area contributed by atoms with E-state index in [-0.39, 0.29) is 16.7 Å². The van der Waals surface area contributed by atoms with Crippen molar-refractivity contribution in [3.63, 3.8) is 0 Å². The summed E-state index contributed by atoms with van der Waals surface area (Å²) in [5.74, 6) is 0.0903. The molecule has 0 bridgehead atoms. The molecule has 0 spiro atoms. The average molecular weight is 265 g/mol. The topological polar surface area (TPSA) is 29.1 Å². The lowest BCUT2D eigenvalue weighted by atomic mass is 10.1. The van der Waals surface area contributed by atoms with Gasteiger partial charge in [0.2, 0.25) is 5.91 Å². The fourth-order valence-electron chi connectivity index (χ4n) is 1.65. The minimum atomic E-state index is -0.172. The predicted molar refractivity (Wildman–Crippen MR) is 79.1 cm³/mol. The van der Waals surface area contributed by atoms with Crippen LogP contribution in [-0.4, -0.2) is 16.7 Å². The summed E-state index contributed by atoms with van der Waals surface area (Å²) in [5.41, 5.74) is 2.31. The molecule has 1 aromatic rings. The molecule has 2 nitrogen and oxygen atoms in total. The van der Waals surface area contributed by atoms with Crippen LogP contribution in [-0.2, 0) is 4.79 Å². The van der Waals surface area contributed by atoms with Gasteiger partial charge < -0.3 is 5.32 Å². The summed E-state index contributed by atoms with van der Waals surface area (Å²) < 4.78 is 0. The molecule has 0 fully saturated rings. The molecule has 1 atom stereocenters. The number of hydrogen-bond donors (Lipinski definition) is 1. The Hall–Kier alpha value is -0.960. The van der Waals surface area contributed by atoms with Gasteiger partial charge in [-0.3, -0.25) is 4.79 Å². The summed E-state index contributed by atoms with van der Waals surface area (Å²) in [6, 6.07) is 6.33. The van der Waals surface area contributed by atoms with Gasteiger partial charge in [0.15, 0.2) is 0 Å². The van der Waals surface area contributed by atoms with Crippen LogP contribution < -0.4 is 5.32 Å². The average Bonchev–Trinajstić information content (AvgIpc) is 2.19. The lowest BCUT2D eigenvalue weighted by Gasteiger charge is -2.23. The van der Waals surface area contributed by atoms with Gasteiger partial charge in [-0.2, -0.15) is 0 Å². The zero-order valence-electron chi connectivity index (χ0n) is 12.1. The number of thioether (sulfide) groups is 1. The van der Waals surface area contributed by atoms with Crippen molar-refractivity contribution < 1.29 is 4.79 Å². The summed E-state index contributed by atoms with van der Waals surface area (Å²) in [6.07, 6.45) is 0. The van der Waals surface area contributed by atoms with Gasteiger partial charge in [0.05, 0.1) is 5.25 Å². The van der Waals surface area contributed by atoms with Crippen LogP contribution in [0.15, 0.2) is 23.1 Å². The normalized spacial score (nSPS) is 13.2. The Morgan fingerprint density at radius 2 is 1.89 bits per heavy atom. The van der Waals surface area contributed by atoms with E-state index in [0.29, 0.717) is 0 Å². The van der Waals surface area contributed by atoms with Gasteiger partial charge in [-0.15, -0.1) is 11.8 Å². The third-order valence-electron chi connectivity index (χ3n) is 2.50. The number of benzene rings is 1. The molecule has 0 aliphatic rings. The second-order valence-electron chi connectivity index (χ2n) is 5.77. The molecule has 1 N–H and O–H groups in total. The first kappa shape index (κ1) is 15.1. The maximum absolute atomic E-state index is 12.0. The molecule has 3 heteroatoms. The second kappa shape index (κ2) is 5.79. The number of hydrogen-bond acceptors (Lipinski definition) is 2. The number of carbonyl (C=O) groups is 1. The quantitative estimate of drug-likeness (QED) is 0.844. The standard InChI is InChI=1S/C15H23NOS/c1-10-7-8-13(11(2)9-10)18-12(3)14(17)16-15(4,5)6/h7-9,12H,1-6H3,(H,16,17). The van der Waals surface area contributed by atoms with Crippen molar-refractivity contribution >= 4 is 17.7 Å². The Bertz CT molecular complexity index is 435. The van der Waals surface area contributed by atoms with E-state index in [1.807, 2.05) is 27.7 Å². The van der Waals surface area contributed by atoms with Crippen LogP contribution in [0.4, 0.5) is 0 Å². The lowest BCUT2D eigenvalue weighted by molar-refractivity contribution is -0.121. The maximum Gasteiger partial charge on any atom is 0.233 e. The molecule has 0 heterocycles. The molecule has 0 saturated heterocycles. The Kier molecular flexibility index (Phi) is 4.85. The molecule has 1 aromatic carbocycles. The third kappa shape index (κ3) is 4.73. The van der Waals surface area contributed by atoms with E-state index >= 15 is 0 Å². The number of amides is 1. The van der Waals surface area contributed by atoms with E-state index in [2.05, 4.69) is 37.4 Å². The van der Waals surface area contributed by atoms with Crippen molar-refractivity contribution in [3.05, 3.63) is 29.3 Å². The number of aryl methyl sites for hydroxylation is 2. The van der Waals surface area contributed by atoms with E-state index in [1.165, 1.54) is 16.0 Å². The van der Waals surface area contributed by atoms with Crippen LogP contribution in [0, 0.1) is 13.8 Å². The number of nitrogens with one attached hydrogen (secondary N) is 1. The van der Waals surface area contributed by atoms with Crippen LogP contribution >= 0.6 is 11.8 Å². The molecule has 0 aliphatic heterocycles. The van der Waals surface area contributed by atoms with E-state index < -0.39 is 0 Å². The summed E-state index contributed by atoms with van der Waals surface area (Å²) in [6.45, 7) is 12.1. The molecule has 0 aromatic heterocycles. The maximum atomic E-state index is 12.0. The molecule has 1 unspecified atom stereocenters. The minimum absolute atomic E-state index is 0.0781. The molecule has 100 valence electrons. The molecule has 1 rings (SSSR count). The van der Waals surface area contributed by atoms with Crippen molar-refractivity contribution in [3.8, 4) is 0 Å². The molecular weight excluding hydrogens is 242 g/mol. The van der Waals surface area contributed by atoms with Crippen molar-refractivity contribution in [2.24, 2.45) is 0 Å². The van der Waals surface area contributed by atoms with E-state index in [9.17, 15) is 4.79 Å². The first-order chi connectivity index (χ1) is 8.19. The van der Waals surface area contributed by atoms with E-state index in [0.717, 1.165) is 0 Å². The van der Waals surface area contributed by atoms with Crippen LogP contribution in [0.1, 0.15) is 38.8 Å². The Morgan fingerprint density at radius 1 is 1.28 bits per heavy atom. The zero-order valence-corrected chi connectivity index (χ0v) is 12.9. The van der Waals surface area contributed by atoms with Gasteiger partial charge in [-0.1, -0.05) is 17.7 Å². The first-order valence-electron chi connectivity index (χ1n) is 6.25. The minimum Gasteiger partial charge on any atom is -0.351 e. The van der Waals surface area contributed by atoms with Gasteiger partial charge in [0.25, 0.3) is 0 Å². The second-order valence-corrected chi connectivity index (χ2v) is 7.15. The summed E-state index contributed by atoms with van der Waals surface area (Å²) in [4.78, 5) is 13.2. The molecule has 1 amide bonds. The van der Waals surface area contributed by atoms with Crippen molar-refractivity contribution in [1.29, 1.82) is 0 Å². The first-order valence-corrected chi connectivity index (χ1v) is 7.13. The Balaban J connectivity index is 2.69. The third-order valence-corrected chi connectivity index (χ3v) is 3.78. The summed E-state index contributed by atoms with van der Waals surface area (Å²) >= 11 is 1.62. The molecular formula is C15H23NOS. The smallest absolute Gasteiger partial charge is 0.233 e. The Morgan fingerprint density at radius 3 is 2.39 bits per heavy atom. The van der Waals surface area contributed by atoms with Crippen molar-refractivity contribution in [1.82, 2.24) is 5.32 Å². The SMILES string of the molecule is Cc1ccc(SC(C)C(=O)NC(C)(C)C)c(C)c1. The van der Waals surface area contributed by atoms with Crippen LogP contribution in [0.5, 0.6) is 0 Å². The van der Waals surface area contributed by atoms with Crippen LogP contribution in [0.3, 0.4) is 0 Å². The highest BCUT2D eigenvalue weighted by Crippen LogP contribution is 2.27. The highest BCUT2D eigenvalue weighted by Gasteiger charge is 2.20. The lowest BCUT2D eigenvalue weighted by Crippen LogP contribution is -2.44. The summed E-state index contributed by atoms with van der Waals surface area (Å²) in [5, 5.41) is 2.93.